The number of phenolic OH excluding ortho intramolecular Hbond substituents is 1. The third-order valence-corrected chi connectivity index (χ3v) is 2.70. The molecule has 1 amide bonds. The zero-order valence-corrected chi connectivity index (χ0v) is 11.0. The maximum atomic E-state index is 11.6. The number of aromatic hydroxyl groups is 1. The highest BCUT2D eigenvalue weighted by atomic mass is 16.5. The van der Waals surface area contributed by atoms with Crippen molar-refractivity contribution in [2.24, 2.45) is 0 Å². The Morgan fingerprint density at radius 1 is 1.26 bits per heavy atom. The first-order chi connectivity index (χ1) is 9.13. The second-order valence-electron chi connectivity index (χ2n) is 4.19. The molecule has 0 aliphatic carbocycles. The van der Waals surface area contributed by atoms with Crippen molar-refractivity contribution >= 4 is 11.9 Å². The fourth-order valence-corrected chi connectivity index (χ4v) is 1.62. The molecule has 0 atom stereocenters. The number of benzene rings is 1. The van der Waals surface area contributed by atoms with Crippen LogP contribution in [0.5, 0.6) is 5.75 Å². The molecule has 0 saturated heterocycles. The molecule has 0 unspecified atom stereocenters. The van der Waals surface area contributed by atoms with E-state index in [1.165, 1.54) is 7.11 Å². The van der Waals surface area contributed by atoms with Crippen LogP contribution in [0.1, 0.15) is 24.8 Å². The van der Waals surface area contributed by atoms with E-state index in [0.29, 0.717) is 24.9 Å². The molecule has 0 radical (unpaired) electrons. The smallest absolute Gasteiger partial charge is 0.305 e. The van der Waals surface area contributed by atoms with Crippen molar-refractivity contribution in [3.8, 4) is 5.75 Å². The number of ether oxygens (including phenoxy) is 1. The van der Waals surface area contributed by atoms with E-state index in [-0.39, 0.29) is 24.0 Å². The fraction of sp³-hybridized carbons (Fsp3) is 0.429. The molecular formula is C14H19NO4. The van der Waals surface area contributed by atoms with Crippen molar-refractivity contribution in [1.29, 1.82) is 0 Å². The van der Waals surface area contributed by atoms with Gasteiger partial charge in [-0.15, -0.1) is 0 Å². The molecule has 2 N–H and O–H groups in total. The molecule has 5 nitrogen and oxygen atoms in total. The Hall–Kier alpha value is -2.04. The Morgan fingerprint density at radius 2 is 2.00 bits per heavy atom. The van der Waals surface area contributed by atoms with Crippen molar-refractivity contribution < 1.29 is 19.4 Å². The zero-order chi connectivity index (χ0) is 14.1. The largest absolute Gasteiger partial charge is 0.508 e. The third-order valence-electron chi connectivity index (χ3n) is 2.70. The van der Waals surface area contributed by atoms with Gasteiger partial charge >= 0.3 is 5.97 Å². The molecule has 5 heteroatoms. The molecule has 0 saturated carbocycles. The molecule has 1 aromatic rings. The summed E-state index contributed by atoms with van der Waals surface area (Å²) in [5.41, 5.74) is 0.606. The Balaban J connectivity index is 2.18. The monoisotopic (exact) mass is 265 g/mol. The number of amides is 1. The van der Waals surface area contributed by atoms with Gasteiger partial charge in [-0.05, 0) is 18.9 Å². The Morgan fingerprint density at radius 3 is 2.68 bits per heavy atom. The predicted molar refractivity (Wildman–Crippen MR) is 70.7 cm³/mol. The van der Waals surface area contributed by atoms with E-state index in [1.54, 1.807) is 24.3 Å². The summed E-state index contributed by atoms with van der Waals surface area (Å²) in [6, 6.07) is 6.76. The van der Waals surface area contributed by atoms with Gasteiger partial charge in [0, 0.05) is 18.5 Å². The van der Waals surface area contributed by atoms with Gasteiger partial charge in [0.25, 0.3) is 0 Å². The molecule has 0 bridgehead atoms. The number of para-hydroxylation sites is 1. The summed E-state index contributed by atoms with van der Waals surface area (Å²) in [7, 11) is 1.36. The van der Waals surface area contributed by atoms with Gasteiger partial charge in [0.1, 0.15) is 5.75 Å². The first kappa shape index (κ1) is 15.0. The molecule has 19 heavy (non-hydrogen) atoms. The molecule has 0 aliphatic rings. The van der Waals surface area contributed by atoms with E-state index in [2.05, 4.69) is 10.1 Å². The lowest BCUT2D eigenvalue weighted by Gasteiger charge is -2.06. The molecule has 104 valence electrons. The minimum atomic E-state index is -0.236. The van der Waals surface area contributed by atoms with E-state index in [4.69, 9.17) is 0 Å². The number of hydrogen-bond donors (Lipinski definition) is 2. The number of unbranched alkanes of at least 4 members (excludes halogenated alkanes) is 1. The number of carbonyl (C=O) groups excluding carboxylic acids is 2. The summed E-state index contributed by atoms with van der Waals surface area (Å²) < 4.78 is 4.52. The van der Waals surface area contributed by atoms with Crippen LogP contribution in [0.3, 0.4) is 0 Å². The summed E-state index contributed by atoms with van der Waals surface area (Å²) in [6.45, 7) is 0.517. The first-order valence-electron chi connectivity index (χ1n) is 6.24. The first-order valence-corrected chi connectivity index (χ1v) is 6.24. The van der Waals surface area contributed by atoms with Crippen LogP contribution in [0.4, 0.5) is 0 Å². The van der Waals surface area contributed by atoms with Gasteiger partial charge in [-0.2, -0.15) is 0 Å². The summed E-state index contributed by atoms with van der Waals surface area (Å²) in [6.07, 6.45) is 1.93. The maximum Gasteiger partial charge on any atom is 0.305 e. The number of methoxy groups -OCH3 is 1. The summed E-state index contributed by atoms with van der Waals surface area (Å²) in [5, 5.41) is 12.3. The third kappa shape index (κ3) is 5.90. The van der Waals surface area contributed by atoms with Gasteiger partial charge in [-0.1, -0.05) is 18.2 Å². The van der Waals surface area contributed by atoms with Gasteiger partial charge < -0.3 is 15.2 Å². The molecule has 1 rings (SSSR count). The minimum Gasteiger partial charge on any atom is -0.508 e. The van der Waals surface area contributed by atoms with Crippen LogP contribution in [-0.2, 0) is 20.7 Å². The number of nitrogens with one attached hydrogen (secondary N) is 1. The van der Waals surface area contributed by atoms with E-state index >= 15 is 0 Å². The number of hydrogen-bond acceptors (Lipinski definition) is 4. The van der Waals surface area contributed by atoms with Crippen molar-refractivity contribution in [3.05, 3.63) is 29.8 Å². The van der Waals surface area contributed by atoms with Crippen LogP contribution in [-0.4, -0.2) is 30.6 Å². The van der Waals surface area contributed by atoms with E-state index in [0.717, 1.165) is 6.42 Å². The van der Waals surface area contributed by atoms with E-state index < -0.39 is 0 Å². The number of phenols is 1. The van der Waals surface area contributed by atoms with Crippen molar-refractivity contribution in [2.75, 3.05) is 13.7 Å². The van der Waals surface area contributed by atoms with Gasteiger partial charge in [0.05, 0.1) is 13.5 Å². The van der Waals surface area contributed by atoms with Crippen LogP contribution in [0.25, 0.3) is 0 Å². The molecular weight excluding hydrogens is 246 g/mol. The highest BCUT2D eigenvalue weighted by Gasteiger charge is 2.06. The second-order valence-corrected chi connectivity index (χ2v) is 4.19. The molecule has 0 spiro atoms. The maximum absolute atomic E-state index is 11.6. The molecule has 0 aliphatic heterocycles. The van der Waals surface area contributed by atoms with Gasteiger partial charge in [0.15, 0.2) is 0 Å². The molecule has 0 fully saturated rings. The average molecular weight is 265 g/mol. The number of rotatable bonds is 7. The van der Waals surface area contributed by atoms with Crippen LogP contribution >= 0.6 is 0 Å². The van der Waals surface area contributed by atoms with Crippen LogP contribution in [0.2, 0.25) is 0 Å². The predicted octanol–water partition coefficient (Wildman–Crippen LogP) is 1.39. The lowest BCUT2D eigenvalue weighted by Crippen LogP contribution is -2.26. The van der Waals surface area contributed by atoms with Gasteiger partial charge in [-0.3, -0.25) is 9.59 Å². The molecule has 1 aromatic carbocycles. The summed E-state index contributed by atoms with van der Waals surface area (Å²) in [4.78, 5) is 22.5. The lowest BCUT2D eigenvalue weighted by atomic mass is 10.1. The standard InChI is InChI=1S/C14H19NO4/c1-19-14(18)8-4-5-9-15-13(17)10-11-6-2-3-7-12(11)16/h2-3,6-7,16H,4-5,8-10H2,1H3,(H,15,17). The zero-order valence-electron chi connectivity index (χ0n) is 11.0. The van der Waals surface area contributed by atoms with Gasteiger partial charge in [0.2, 0.25) is 5.91 Å². The van der Waals surface area contributed by atoms with Crippen LogP contribution in [0.15, 0.2) is 24.3 Å². The SMILES string of the molecule is COC(=O)CCCCNC(=O)Cc1ccccc1O. The quantitative estimate of drug-likeness (QED) is 0.577. The molecule has 0 aromatic heterocycles. The Kier molecular flexibility index (Phi) is 6.43. The van der Waals surface area contributed by atoms with E-state index in [9.17, 15) is 14.7 Å². The second kappa shape index (κ2) is 8.13. The lowest BCUT2D eigenvalue weighted by molar-refractivity contribution is -0.140. The fourth-order valence-electron chi connectivity index (χ4n) is 1.62. The highest BCUT2D eigenvalue weighted by Crippen LogP contribution is 2.15. The average Bonchev–Trinajstić information content (AvgIpc) is 2.40. The topological polar surface area (TPSA) is 75.6 Å². The van der Waals surface area contributed by atoms with Crippen LogP contribution in [0, 0.1) is 0 Å². The van der Waals surface area contributed by atoms with Crippen LogP contribution < -0.4 is 5.32 Å². The minimum absolute atomic E-state index is 0.128. The highest BCUT2D eigenvalue weighted by molar-refractivity contribution is 5.79. The Labute approximate surface area is 112 Å². The van der Waals surface area contributed by atoms with E-state index in [1.807, 2.05) is 0 Å². The normalized spacial score (nSPS) is 9.95. The Bertz CT molecular complexity index is 431. The van der Waals surface area contributed by atoms with Crippen molar-refractivity contribution in [2.45, 2.75) is 25.7 Å². The number of esters is 1. The number of carbonyl (C=O) groups is 2. The van der Waals surface area contributed by atoms with Crippen molar-refractivity contribution in [1.82, 2.24) is 5.32 Å². The summed E-state index contributed by atoms with van der Waals surface area (Å²) in [5.74, 6) is -0.247. The summed E-state index contributed by atoms with van der Waals surface area (Å²) >= 11 is 0. The van der Waals surface area contributed by atoms with Crippen molar-refractivity contribution in [3.63, 3.8) is 0 Å². The van der Waals surface area contributed by atoms with Gasteiger partial charge in [-0.25, -0.2) is 0 Å². The molecule has 0 heterocycles.